The van der Waals surface area contributed by atoms with E-state index in [2.05, 4.69) is 15.0 Å². The van der Waals surface area contributed by atoms with Gasteiger partial charge in [-0.25, -0.2) is 18.7 Å². The molecular weight excluding hydrogens is 459 g/mol. The number of nitrogen functional groups attached to an aromatic ring is 1. The highest BCUT2D eigenvalue weighted by Crippen LogP contribution is 2.35. The second-order valence-corrected chi connectivity index (χ2v) is 8.08. The minimum Gasteiger partial charge on any atom is -0.382 e. The molecule has 0 unspecified atom stereocenters. The first kappa shape index (κ1) is 22.0. The number of benzene rings is 1. The number of rotatable bonds is 2. The Balaban J connectivity index is 1.56. The number of carbonyl (C=O) groups is 1. The number of imidazole rings is 1. The molecule has 1 aromatic carbocycles. The van der Waals surface area contributed by atoms with Crippen molar-refractivity contribution in [1.82, 2.24) is 24.3 Å². The lowest BCUT2D eigenvalue weighted by Gasteiger charge is -2.37. The van der Waals surface area contributed by atoms with E-state index in [1.807, 2.05) is 0 Å². The average Bonchev–Trinajstić information content (AvgIpc) is 3.29. The number of alkyl halides is 4. The molecule has 1 aliphatic rings. The fraction of sp³-hybridized carbons (Fsp3) is 0.273. The maximum absolute atomic E-state index is 15.0. The van der Waals surface area contributed by atoms with Crippen LogP contribution < -0.4 is 5.73 Å². The Morgan fingerprint density at radius 1 is 1.12 bits per heavy atom. The van der Waals surface area contributed by atoms with Crippen molar-refractivity contribution in [2.24, 2.45) is 0 Å². The lowest BCUT2D eigenvalue weighted by molar-refractivity contribution is -0.137. The number of amides is 1. The lowest BCUT2D eigenvalue weighted by atomic mass is 9.96. The van der Waals surface area contributed by atoms with Crippen molar-refractivity contribution >= 4 is 28.3 Å². The van der Waals surface area contributed by atoms with E-state index in [1.54, 1.807) is 4.40 Å². The smallest absolute Gasteiger partial charge is 0.382 e. The molecule has 5 rings (SSSR count). The summed E-state index contributed by atoms with van der Waals surface area (Å²) in [6.45, 7) is -0.343. The van der Waals surface area contributed by atoms with Crippen LogP contribution in [0.2, 0.25) is 0 Å². The van der Waals surface area contributed by atoms with Crippen LogP contribution in [0.3, 0.4) is 0 Å². The zero-order valence-corrected chi connectivity index (χ0v) is 17.4. The number of aromatic nitrogens is 4. The van der Waals surface area contributed by atoms with Crippen LogP contribution in [-0.4, -0.2) is 42.9 Å². The van der Waals surface area contributed by atoms with Crippen molar-refractivity contribution in [3.05, 3.63) is 65.6 Å². The van der Waals surface area contributed by atoms with Crippen LogP contribution in [-0.2, 0) is 6.18 Å². The standard InChI is InChI=1S/C22H17F5N6O/c23-12-2-4-17(15-3-1-11(7-30-15)22(25,26)27)32(9-12)21(34)13-5-18-16(6-14(13)24)31-20(28)19-8-29-10-33(18)19/h1,3,5-8,10,12,17H,2,4,9H2,(H2,28,31)/t12-,17-/m1/s1. The molecule has 0 saturated carbocycles. The number of nitrogens with two attached hydrogens (primary N) is 1. The molecule has 1 aliphatic heterocycles. The number of hydrogen-bond acceptors (Lipinski definition) is 5. The van der Waals surface area contributed by atoms with E-state index in [9.17, 15) is 22.4 Å². The largest absolute Gasteiger partial charge is 0.417 e. The molecule has 1 amide bonds. The Bertz CT molecular complexity index is 1400. The van der Waals surface area contributed by atoms with Crippen LogP contribution in [0.25, 0.3) is 16.6 Å². The SMILES string of the molecule is Nc1nc2cc(F)c(C(=O)N3C[C@H](F)CC[C@@H]3c3ccc(C(F)(F)F)cn3)cc2n2cncc12. The third-order valence-electron chi connectivity index (χ3n) is 5.94. The zero-order valence-electron chi connectivity index (χ0n) is 17.4. The zero-order chi connectivity index (χ0) is 24.2. The fourth-order valence-electron chi connectivity index (χ4n) is 4.24. The molecule has 0 aliphatic carbocycles. The van der Waals surface area contributed by atoms with Crippen molar-refractivity contribution in [3.8, 4) is 0 Å². The van der Waals surface area contributed by atoms with E-state index >= 15 is 4.39 Å². The summed E-state index contributed by atoms with van der Waals surface area (Å²) < 4.78 is 69.6. The molecule has 12 heteroatoms. The third-order valence-corrected chi connectivity index (χ3v) is 5.94. The Morgan fingerprint density at radius 3 is 2.62 bits per heavy atom. The number of piperidine rings is 1. The molecule has 2 atom stereocenters. The van der Waals surface area contributed by atoms with E-state index in [1.165, 1.54) is 18.6 Å². The Labute approximate surface area is 189 Å². The molecule has 4 heterocycles. The highest BCUT2D eigenvalue weighted by molar-refractivity contribution is 5.98. The van der Waals surface area contributed by atoms with E-state index in [-0.39, 0.29) is 42.0 Å². The van der Waals surface area contributed by atoms with E-state index < -0.39 is 35.7 Å². The van der Waals surface area contributed by atoms with Gasteiger partial charge in [-0.2, -0.15) is 13.2 Å². The van der Waals surface area contributed by atoms with Crippen LogP contribution in [0.5, 0.6) is 0 Å². The summed E-state index contributed by atoms with van der Waals surface area (Å²) in [6, 6.07) is 3.54. The van der Waals surface area contributed by atoms with Crippen LogP contribution in [0, 0.1) is 5.82 Å². The summed E-state index contributed by atoms with van der Waals surface area (Å²) in [5.74, 6) is -1.56. The quantitative estimate of drug-likeness (QED) is 0.435. The minimum absolute atomic E-state index is 0.0935. The van der Waals surface area contributed by atoms with Crippen LogP contribution in [0.4, 0.5) is 27.8 Å². The van der Waals surface area contributed by atoms with Crippen LogP contribution >= 0.6 is 0 Å². The van der Waals surface area contributed by atoms with Gasteiger partial charge in [-0.15, -0.1) is 0 Å². The molecule has 1 fully saturated rings. The second kappa shape index (κ2) is 7.89. The van der Waals surface area contributed by atoms with Gasteiger partial charge in [0.25, 0.3) is 5.91 Å². The van der Waals surface area contributed by atoms with Gasteiger partial charge in [0.15, 0.2) is 0 Å². The summed E-state index contributed by atoms with van der Waals surface area (Å²) in [5.41, 5.74) is 5.80. The van der Waals surface area contributed by atoms with Crippen molar-refractivity contribution < 1.29 is 26.7 Å². The van der Waals surface area contributed by atoms with Crippen LogP contribution in [0.1, 0.15) is 40.5 Å². The molecule has 7 nitrogen and oxygen atoms in total. The van der Waals surface area contributed by atoms with E-state index in [0.717, 1.165) is 23.1 Å². The van der Waals surface area contributed by atoms with Gasteiger partial charge in [0, 0.05) is 12.3 Å². The molecule has 0 radical (unpaired) electrons. The summed E-state index contributed by atoms with van der Waals surface area (Å²) in [5, 5.41) is 0. The van der Waals surface area contributed by atoms with Crippen molar-refractivity contribution in [3.63, 3.8) is 0 Å². The number of hydrogen-bond donors (Lipinski definition) is 1. The monoisotopic (exact) mass is 476 g/mol. The summed E-state index contributed by atoms with van der Waals surface area (Å²) >= 11 is 0. The van der Waals surface area contributed by atoms with Gasteiger partial charge in [0.1, 0.15) is 23.3 Å². The minimum atomic E-state index is -4.57. The van der Waals surface area contributed by atoms with E-state index in [0.29, 0.717) is 17.2 Å². The molecular formula is C22H17F5N6O. The molecule has 4 aromatic rings. The first-order valence-corrected chi connectivity index (χ1v) is 10.3. The Hall–Kier alpha value is -3.83. The van der Waals surface area contributed by atoms with Gasteiger partial charge >= 0.3 is 6.18 Å². The van der Waals surface area contributed by atoms with Gasteiger partial charge in [-0.3, -0.25) is 14.2 Å². The van der Waals surface area contributed by atoms with E-state index in [4.69, 9.17) is 5.73 Å². The molecule has 176 valence electrons. The summed E-state index contributed by atoms with van der Waals surface area (Å²) in [6.07, 6.45) is -2.13. The number of nitrogens with zero attached hydrogens (tertiary/aromatic N) is 5. The van der Waals surface area contributed by atoms with Gasteiger partial charge < -0.3 is 10.6 Å². The predicted molar refractivity (Wildman–Crippen MR) is 112 cm³/mol. The van der Waals surface area contributed by atoms with Crippen molar-refractivity contribution in [2.45, 2.75) is 31.2 Å². The molecule has 34 heavy (non-hydrogen) atoms. The summed E-state index contributed by atoms with van der Waals surface area (Å²) in [4.78, 5) is 26.5. The maximum Gasteiger partial charge on any atom is 0.417 e. The third kappa shape index (κ3) is 3.68. The molecule has 1 saturated heterocycles. The average molecular weight is 476 g/mol. The highest BCUT2D eigenvalue weighted by Gasteiger charge is 2.36. The number of anilines is 1. The topological polar surface area (TPSA) is 89.4 Å². The number of likely N-dealkylation sites (tertiary alicyclic amines) is 1. The molecule has 2 N–H and O–H groups in total. The molecule has 0 bridgehead atoms. The molecule has 0 spiro atoms. The maximum atomic E-state index is 15.0. The first-order valence-electron chi connectivity index (χ1n) is 10.3. The first-order chi connectivity index (χ1) is 16.1. The normalized spacial score (nSPS) is 19.1. The van der Waals surface area contributed by atoms with Gasteiger partial charge in [0.2, 0.25) is 0 Å². The molecule has 3 aromatic heterocycles. The van der Waals surface area contributed by atoms with Crippen molar-refractivity contribution in [1.29, 1.82) is 0 Å². The Morgan fingerprint density at radius 2 is 1.91 bits per heavy atom. The van der Waals surface area contributed by atoms with Gasteiger partial charge in [-0.05, 0) is 31.0 Å². The van der Waals surface area contributed by atoms with Gasteiger partial charge in [-0.1, -0.05) is 0 Å². The number of carbonyl (C=O) groups excluding carboxylic acids is 1. The number of fused-ring (bicyclic) bond motifs is 3. The summed E-state index contributed by atoms with van der Waals surface area (Å²) in [7, 11) is 0. The lowest BCUT2D eigenvalue weighted by Crippen LogP contribution is -2.43. The van der Waals surface area contributed by atoms with Crippen LogP contribution in [0.15, 0.2) is 43.0 Å². The highest BCUT2D eigenvalue weighted by atomic mass is 19.4. The van der Waals surface area contributed by atoms with Gasteiger partial charge in [0.05, 0.1) is 53.0 Å². The fourth-order valence-corrected chi connectivity index (χ4v) is 4.24. The second-order valence-electron chi connectivity index (χ2n) is 8.08. The number of halogens is 5. The van der Waals surface area contributed by atoms with Crippen molar-refractivity contribution in [2.75, 3.05) is 12.3 Å². The predicted octanol–water partition coefficient (Wildman–Crippen LogP) is 4.33. The Kier molecular flexibility index (Phi) is 5.10. The number of pyridine rings is 1.